The number of aryl methyl sites for hydroxylation is 1. The largest absolute Gasteiger partial charge is 0.481 e. The third-order valence-corrected chi connectivity index (χ3v) is 5.93. The number of fused-ring (bicyclic) bond motifs is 3. The van der Waals surface area contributed by atoms with Gasteiger partial charge in [-0.15, -0.1) is 0 Å². The molecule has 6 nitrogen and oxygen atoms in total. The molecule has 2 aliphatic carbocycles. The fourth-order valence-electron chi connectivity index (χ4n) is 4.87. The molecule has 26 heavy (non-hydrogen) atoms. The first-order valence-corrected chi connectivity index (χ1v) is 9.08. The van der Waals surface area contributed by atoms with Gasteiger partial charge in [0.25, 0.3) is 0 Å². The maximum atomic E-state index is 14.6. The minimum atomic E-state index is -1.12. The SMILES string of the molecule is O=C(O)[C@@H]1[C@@H]2C[C@@H](F)[C@H]1N(c1nc(-c3ccccn3)nc3c1CCC3)C2. The van der Waals surface area contributed by atoms with E-state index < -0.39 is 24.1 Å². The van der Waals surface area contributed by atoms with Crippen LogP contribution in [0.5, 0.6) is 0 Å². The summed E-state index contributed by atoms with van der Waals surface area (Å²) >= 11 is 0. The van der Waals surface area contributed by atoms with Crippen molar-refractivity contribution in [3.05, 3.63) is 35.7 Å². The van der Waals surface area contributed by atoms with Gasteiger partial charge < -0.3 is 10.0 Å². The van der Waals surface area contributed by atoms with Gasteiger partial charge in [-0.3, -0.25) is 9.78 Å². The quantitative estimate of drug-likeness (QED) is 0.911. The summed E-state index contributed by atoms with van der Waals surface area (Å²) < 4.78 is 14.6. The van der Waals surface area contributed by atoms with Gasteiger partial charge in [0.05, 0.1) is 12.0 Å². The minimum Gasteiger partial charge on any atom is -0.481 e. The molecule has 5 rings (SSSR count). The molecule has 4 atom stereocenters. The Morgan fingerprint density at radius 1 is 1.27 bits per heavy atom. The number of anilines is 1. The number of halogens is 1. The molecule has 2 aromatic heterocycles. The van der Waals surface area contributed by atoms with E-state index in [0.29, 0.717) is 30.3 Å². The normalized spacial score (nSPS) is 29.2. The van der Waals surface area contributed by atoms with Crippen LogP contribution in [0.15, 0.2) is 24.4 Å². The van der Waals surface area contributed by atoms with E-state index in [9.17, 15) is 14.3 Å². The van der Waals surface area contributed by atoms with E-state index in [1.54, 1.807) is 6.20 Å². The Labute approximate surface area is 150 Å². The summed E-state index contributed by atoms with van der Waals surface area (Å²) in [4.78, 5) is 27.3. The molecule has 134 valence electrons. The predicted molar refractivity (Wildman–Crippen MR) is 92.6 cm³/mol. The van der Waals surface area contributed by atoms with Crippen LogP contribution >= 0.6 is 0 Å². The van der Waals surface area contributed by atoms with Crippen molar-refractivity contribution in [1.29, 1.82) is 0 Å². The van der Waals surface area contributed by atoms with E-state index in [2.05, 4.69) is 9.97 Å². The van der Waals surface area contributed by atoms with Crippen LogP contribution in [0.4, 0.5) is 10.2 Å². The number of carboxylic acid groups (broad SMARTS) is 1. The summed E-state index contributed by atoms with van der Waals surface area (Å²) in [6, 6.07) is 4.94. The highest BCUT2D eigenvalue weighted by Gasteiger charge is 2.57. The van der Waals surface area contributed by atoms with E-state index >= 15 is 0 Å². The topological polar surface area (TPSA) is 79.2 Å². The van der Waals surface area contributed by atoms with Crippen molar-refractivity contribution in [3.63, 3.8) is 0 Å². The van der Waals surface area contributed by atoms with Gasteiger partial charge in [0.2, 0.25) is 0 Å². The highest BCUT2D eigenvalue weighted by molar-refractivity contribution is 5.75. The van der Waals surface area contributed by atoms with Gasteiger partial charge in [-0.05, 0) is 43.7 Å². The van der Waals surface area contributed by atoms with Crippen LogP contribution in [0.1, 0.15) is 24.1 Å². The number of piperidine rings is 1. The van der Waals surface area contributed by atoms with Gasteiger partial charge >= 0.3 is 5.97 Å². The first-order valence-electron chi connectivity index (χ1n) is 9.08. The number of carboxylic acids is 1. The van der Waals surface area contributed by atoms with Gasteiger partial charge in [-0.1, -0.05) is 6.07 Å². The Balaban J connectivity index is 1.61. The van der Waals surface area contributed by atoms with Gasteiger partial charge in [-0.2, -0.15) is 0 Å². The number of hydrogen-bond acceptors (Lipinski definition) is 5. The Morgan fingerprint density at radius 3 is 2.88 bits per heavy atom. The summed E-state index contributed by atoms with van der Waals surface area (Å²) in [5, 5.41) is 9.57. The van der Waals surface area contributed by atoms with E-state index in [0.717, 1.165) is 30.5 Å². The second kappa shape index (κ2) is 5.72. The first kappa shape index (κ1) is 15.7. The number of aliphatic carboxylic acids is 1. The molecule has 1 saturated heterocycles. The summed E-state index contributed by atoms with van der Waals surface area (Å²) in [6.07, 6.45) is 3.62. The molecule has 7 heteroatoms. The smallest absolute Gasteiger partial charge is 0.309 e. The number of aromatic nitrogens is 3. The monoisotopic (exact) mass is 354 g/mol. The second-order valence-electron chi connectivity index (χ2n) is 7.38. The summed E-state index contributed by atoms with van der Waals surface area (Å²) in [7, 11) is 0. The van der Waals surface area contributed by atoms with Gasteiger partial charge in [0, 0.05) is 24.0 Å². The Morgan fingerprint density at radius 2 is 2.15 bits per heavy atom. The van der Waals surface area contributed by atoms with E-state index in [1.807, 2.05) is 23.1 Å². The van der Waals surface area contributed by atoms with Gasteiger partial charge in [0.15, 0.2) is 5.82 Å². The van der Waals surface area contributed by atoms with Gasteiger partial charge in [-0.25, -0.2) is 14.4 Å². The summed E-state index contributed by atoms with van der Waals surface area (Å²) in [6.45, 7) is 0.549. The lowest BCUT2D eigenvalue weighted by atomic mass is 9.99. The second-order valence-corrected chi connectivity index (χ2v) is 7.38. The maximum absolute atomic E-state index is 14.6. The molecule has 2 aromatic rings. The zero-order valence-corrected chi connectivity index (χ0v) is 14.2. The number of alkyl halides is 1. The fourth-order valence-corrected chi connectivity index (χ4v) is 4.87. The molecule has 2 bridgehead atoms. The lowest BCUT2D eigenvalue weighted by Gasteiger charge is -2.32. The molecule has 0 amide bonds. The van der Waals surface area contributed by atoms with Crippen molar-refractivity contribution < 1.29 is 14.3 Å². The molecular formula is C19H19FN4O2. The molecule has 3 aliphatic rings. The number of nitrogens with zero attached hydrogens (tertiary/aromatic N) is 4. The van der Waals surface area contributed by atoms with Crippen LogP contribution in [0, 0.1) is 11.8 Å². The number of pyridine rings is 1. The van der Waals surface area contributed by atoms with Crippen molar-refractivity contribution in [2.45, 2.75) is 37.9 Å². The number of hydrogen-bond donors (Lipinski definition) is 1. The first-order chi connectivity index (χ1) is 12.6. The molecule has 0 radical (unpaired) electrons. The predicted octanol–water partition coefficient (Wildman–Crippen LogP) is 2.27. The number of rotatable bonds is 3. The van der Waals surface area contributed by atoms with Crippen LogP contribution in [0.25, 0.3) is 11.5 Å². The average molecular weight is 354 g/mol. The fraction of sp³-hybridized carbons (Fsp3) is 0.474. The van der Waals surface area contributed by atoms with E-state index in [-0.39, 0.29) is 5.92 Å². The van der Waals surface area contributed by atoms with Crippen LogP contribution in [-0.2, 0) is 17.6 Å². The Hall–Kier alpha value is -2.57. The number of carbonyl (C=O) groups is 1. The van der Waals surface area contributed by atoms with Crippen molar-refractivity contribution in [3.8, 4) is 11.5 Å². The lowest BCUT2D eigenvalue weighted by molar-refractivity contribution is -0.142. The maximum Gasteiger partial charge on any atom is 0.309 e. The van der Waals surface area contributed by atoms with Crippen LogP contribution in [-0.4, -0.2) is 44.8 Å². The van der Waals surface area contributed by atoms with Crippen molar-refractivity contribution in [2.24, 2.45) is 11.8 Å². The highest BCUT2D eigenvalue weighted by Crippen LogP contribution is 2.47. The Kier molecular flexibility index (Phi) is 3.45. The zero-order valence-electron chi connectivity index (χ0n) is 14.2. The molecule has 0 unspecified atom stereocenters. The standard InChI is InChI=1S/C19H19FN4O2/c20-12-8-10-9-24(16(12)15(10)19(25)26)18-11-4-3-6-13(11)22-17(23-18)14-5-1-2-7-21-14/h1-2,5,7,10,12,15-16H,3-4,6,8-9H2,(H,25,26)/t10-,12-,15-,16-/m1/s1. The van der Waals surface area contributed by atoms with Crippen LogP contribution in [0.3, 0.4) is 0 Å². The Bertz CT molecular complexity index is 875. The van der Waals surface area contributed by atoms with E-state index in [4.69, 9.17) is 4.98 Å². The van der Waals surface area contributed by atoms with Crippen molar-refractivity contribution in [1.82, 2.24) is 15.0 Å². The summed E-state index contributed by atoms with van der Waals surface area (Å²) in [5.41, 5.74) is 2.72. The minimum absolute atomic E-state index is 0.155. The molecular weight excluding hydrogens is 335 g/mol. The molecule has 1 aliphatic heterocycles. The molecule has 1 saturated carbocycles. The van der Waals surface area contributed by atoms with E-state index in [1.165, 1.54) is 0 Å². The molecule has 3 heterocycles. The third-order valence-electron chi connectivity index (χ3n) is 5.93. The molecule has 1 N–H and O–H groups in total. The van der Waals surface area contributed by atoms with Crippen LogP contribution in [0.2, 0.25) is 0 Å². The lowest BCUT2D eigenvalue weighted by Crippen LogP contribution is -2.42. The summed E-state index contributed by atoms with van der Waals surface area (Å²) in [5.74, 6) is -0.466. The average Bonchev–Trinajstić information content (AvgIpc) is 3.33. The molecule has 0 aromatic carbocycles. The van der Waals surface area contributed by atoms with Gasteiger partial charge in [0.1, 0.15) is 17.7 Å². The molecule has 0 spiro atoms. The highest BCUT2D eigenvalue weighted by atomic mass is 19.1. The van der Waals surface area contributed by atoms with Crippen molar-refractivity contribution in [2.75, 3.05) is 11.4 Å². The molecule has 2 fully saturated rings. The van der Waals surface area contributed by atoms with Crippen molar-refractivity contribution >= 4 is 11.8 Å². The zero-order chi connectivity index (χ0) is 17.8. The third kappa shape index (κ3) is 2.22. The van der Waals surface area contributed by atoms with Crippen LogP contribution < -0.4 is 4.90 Å².